The molecule has 5 aromatic rings. The molecule has 0 unspecified atom stereocenters. The van der Waals surface area contributed by atoms with Gasteiger partial charge in [-0.1, -0.05) is 79.9 Å². The van der Waals surface area contributed by atoms with Gasteiger partial charge < -0.3 is 4.42 Å². The molecule has 0 saturated carbocycles. The molecule has 0 saturated heterocycles. The van der Waals surface area contributed by atoms with Gasteiger partial charge in [-0.05, 0) is 42.3 Å². The molecule has 0 spiro atoms. The third-order valence-electron chi connectivity index (χ3n) is 5.56. The fraction of sp³-hybridized carbons (Fsp3) is 0.0345. The second-order valence-electron chi connectivity index (χ2n) is 7.65. The maximum absolute atomic E-state index is 6.10. The lowest BCUT2D eigenvalue weighted by atomic mass is 10.0. The number of aromatic nitrogens is 2. The molecule has 0 N–H and O–H groups in total. The minimum absolute atomic E-state index is 0.655. The third-order valence-corrected chi connectivity index (χ3v) is 5.56. The van der Waals surface area contributed by atoms with Crippen molar-refractivity contribution < 1.29 is 4.42 Å². The smallest absolute Gasteiger partial charge is 0.160 e. The highest BCUT2D eigenvalue weighted by Gasteiger charge is 2.14. The summed E-state index contributed by atoms with van der Waals surface area (Å²) in [6.07, 6.45) is 5.44. The molecule has 2 aromatic heterocycles. The summed E-state index contributed by atoms with van der Waals surface area (Å²) in [5, 5.41) is 2.15. The van der Waals surface area contributed by atoms with E-state index < -0.39 is 0 Å². The van der Waals surface area contributed by atoms with E-state index in [1.54, 1.807) is 12.2 Å². The first kappa shape index (κ1) is 19.7. The van der Waals surface area contributed by atoms with E-state index in [1.165, 1.54) is 0 Å². The summed E-state index contributed by atoms with van der Waals surface area (Å²) in [4.78, 5) is 9.79. The molecular weight excluding hydrogens is 392 g/mol. The lowest BCUT2D eigenvalue weighted by Gasteiger charge is -2.09. The molecule has 2 heterocycles. The summed E-state index contributed by atoms with van der Waals surface area (Å²) in [7, 11) is 0. The molecule has 0 aliphatic heterocycles. The molecule has 0 aliphatic rings. The molecular formula is C29H22N2O. The van der Waals surface area contributed by atoms with Crippen LogP contribution in [0.15, 0.2) is 109 Å². The van der Waals surface area contributed by atoms with Crippen LogP contribution in [0.5, 0.6) is 0 Å². The lowest BCUT2D eigenvalue weighted by Crippen LogP contribution is -1.97. The van der Waals surface area contributed by atoms with Gasteiger partial charge in [-0.25, -0.2) is 9.97 Å². The van der Waals surface area contributed by atoms with Crippen molar-refractivity contribution in [1.82, 2.24) is 9.97 Å². The number of nitrogens with zero attached hydrogens (tertiary/aromatic N) is 2. The van der Waals surface area contributed by atoms with Crippen LogP contribution in [0.2, 0.25) is 0 Å². The molecule has 32 heavy (non-hydrogen) atoms. The first-order valence-electron chi connectivity index (χ1n) is 10.5. The zero-order valence-electron chi connectivity index (χ0n) is 17.9. The highest BCUT2D eigenvalue weighted by Crippen LogP contribution is 2.34. The van der Waals surface area contributed by atoms with E-state index in [2.05, 4.69) is 56.5 Å². The monoisotopic (exact) mass is 414 g/mol. The Labute approximate surface area is 187 Å². The van der Waals surface area contributed by atoms with E-state index in [0.717, 1.165) is 55.6 Å². The number of furan rings is 1. The Balaban J connectivity index is 1.74. The van der Waals surface area contributed by atoms with Gasteiger partial charge in [0.25, 0.3) is 0 Å². The SMILES string of the molecule is C=C/C=C(\C=C)c1cc(-c2ccccc2)nc(-c2ccc3oc4c(C)cccc4c3c2)n1. The normalized spacial score (nSPS) is 11.7. The fourth-order valence-corrected chi connectivity index (χ4v) is 3.94. The minimum atomic E-state index is 0.655. The zero-order chi connectivity index (χ0) is 22.1. The van der Waals surface area contributed by atoms with Crippen LogP contribution in [0.3, 0.4) is 0 Å². The summed E-state index contributed by atoms with van der Waals surface area (Å²) in [6.45, 7) is 9.83. The van der Waals surface area contributed by atoms with Gasteiger partial charge in [0.2, 0.25) is 0 Å². The van der Waals surface area contributed by atoms with E-state index in [1.807, 2.05) is 42.5 Å². The molecule has 0 amide bonds. The van der Waals surface area contributed by atoms with E-state index in [9.17, 15) is 0 Å². The molecule has 5 rings (SSSR count). The fourth-order valence-electron chi connectivity index (χ4n) is 3.94. The van der Waals surface area contributed by atoms with Crippen molar-refractivity contribution in [3.63, 3.8) is 0 Å². The van der Waals surface area contributed by atoms with Gasteiger partial charge in [-0.15, -0.1) is 0 Å². The van der Waals surface area contributed by atoms with Crippen LogP contribution in [0.4, 0.5) is 0 Å². The number of hydrogen-bond acceptors (Lipinski definition) is 3. The number of rotatable bonds is 5. The molecule has 0 atom stereocenters. The average Bonchev–Trinajstić information content (AvgIpc) is 3.22. The van der Waals surface area contributed by atoms with Gasteiger partial charge in [-0.3, -0.25) is 0 Å². The van der Waals surface area contributed by atoms with Crippen LogP contribution < -0.4 is 0 Å². The largest absolute Gasteiger partial charge is 0.456 e. The quantitative estimate of drug-likeness (QED) is 0.276. The number of para-hydroxylation sites is 1. The molecule has 3 aromatic carbocycles. The van der Waals surface area contributed by atoms with Crippen molar-refractivity contribution in [2.45, 2.75) is 6.92 Å². The molecule has 154 valence electrons. The van der Waals surface area contributed by atoms with Gasteiger partial charge >= 0.3 is 0 Å². The first-order valence-corrected chi connectivity index (χ1v) is 10.5. The average molecular weight is 415 g/mol. The Bertz CT molecular complexity index is 1510. The van der Waals surface area contributed by atoms with Crippen molar-refractivity contribution in [3.8, 4) is 22.6 Å². The number of fused-ring (bicyclic) bond motifs is 3. The van der Waals surface area contributed by atoms with Crippen molar-refractivity contribution in [3.05, 3.63) is 115 Å². The van der Waals surface area contributed by atoms with Gasteiger partial charge in [0.15, 0.2) is 5.82 Å². The van der Waals surface area contributed by atoms with Crippen molar-refractivity contribution in [2.75, 3.05) is 0 Å². The minimum Gasteiger partial charge on any atom is -0.456 e. The Kier molecular flexibility index (Phi) is 5.00. The predicted octanol–water partition coefficient (Wildman–Crippen LogP) is 7.77. The van der Waals surface area contributed by atoms with Gasteiger partial charge in [0.1, 0.15) is 11.2 Å². The number of aryl methyl sites for hydroxylation is 1. The van der Waals surface area contributed by atoms with E-state index >= 15 is 0 Å². The highest BCUT2D eigenvalue weighted by atomic mass is 16.3. The Morgan fingerprint density at radius 3 is 2.47 bits per heavy atom. The summed E-state index contributed by atoms with van der Waals surface area (Å²) >= 11 is 0. The van der Waals surface area contributed by atoms with E-state index in [4.69, 9.17) is 14.4 Å². The molecule has 3 heteroatoms. The highest BCUT2D eigenvalue weighted by molar-refractivity contribution is 6.07. The van der Waals surface area contributed by atoms with Gasteiger partial charge in [0.05, 0.1) is 11.4 Å². The molecule has 0 bridgehead atoms. The summed E-state index contributed by atoms with van der Waals surface area (Å²) in [5.74, 6) is 0.655. The summed E-state index contributed by atoms with van der Waals surface area (Å²) < 4.78 is 6.10. The molecule has 0 aliphatic carbocycles. The number of allylic oxidation sites excluding steroid dienone is 4. The van der Waals surface area contributed by atoms with Crippen LogP contribution >= 0.6 is 0 Å². The maximum atomic E-state index is 6.10. The molecule has 0 fully saturated rings. The molecule has 3 nitrogen and oxygen atoms in total. The van der Waals surface area contributed by atoms with Crippen molar-refractivity contribution in [2.24, 2.45) is 0 Å². The zero-order valence-corrected chi connectivity index (χ0v) is 17.9. The number of hydrogen-bond donors (Lipinski definition) is 0. The van der Waals surface area contributed by atoms with Crippen molar-refractivity contribution in [1.29, 1.82) is 0 Å². The standard InChI is InChI=1S/C29H22N2O/c1-4-10-20(5-2)25-18-26(21-12-7-6-8-13-21)31-29(30-25)22-15-16-27-24(17-22)23-14-9-11-19(3)28(23)32-27/h4-18H,1-2H2,3H3/b20-10+. The predicted molar refractivity (Wildman–Crippen MR) is 133 cm³/mol. The van der Waals surface area contributed by atoms with Crippen LogP contribution in [-0.4, -0.2) is 9.97 Å². The van der Waals surface area contributed by atoms with Crippen LogP contribution in [-0.2, 0) is 0 Å². The Hall–Kier alpha value is -4.24. The lowest BCUT2D eigenvalue weighted by molar-refractivity contribution is 0.666. The van der Waals surface area contributed by atoms with E-state index in [-0.39, 0.29) is 0 Å². The van der Waals surface area contributed by atoms with Crippen LogP contribution in [0.25, 0.3) is 50.2 Å². The maximum Gasteiger partial charge on any atom is 0.160 e. The van der Waals surface area contributed by atoms with E-state index in [0.29, 0.717) is 5.82 Å². The second kappa shape index (κ2) is 8.12. The Morgan fingerprint density at radius 1 is 0.844 bits per heavy atom. The first-order chi connectivity index (χ1) is 15.7. The van der Waals surface area contributed by atoms with Gasteiger partial charge in [-0.2, -0.15) is 0 Å². The van der Waals surface area contributed by atoms with Gasteiger partial charge in [0, 0.05) is 21.9 Å². The summed E-state index contributed by atoms with van der Waals surface area (Å²) in [5.41, 5.74) is 7.42. The Morgan fingerprint density at radius 2 is 1.69 bits per heavy atom. The molecule has 0 radical (unpaired) electrons. The topological polar surface area (TPSA) is 38.9 Å². The third kappa shape index (κ3) is 3.44. The number of benzene rings is 3. The van der Waals surface area contributed by atoms with Crippen molar-refractivity contribution >= 4 is 27.5 Å². The van der Waals surface area contributed by atoms with Crippen LogP contribution in [0, 0.1) is 6.92 Å². The second-order valence-corrected chi connectivity index (χ2v) is 7.65. The summed E-state index contributed by atoms with van der Waals surface area (Å²) in [6, 6.07) is 24.4. The van der Waals surface area contributed by atoms with Crippen LogP contribution in [0.1, 0.15) is 11.3 Å².